The molecule has 2 heterocycles. The van der Waals surface area contributed by atoms with Crippen LogP contribution in [0.5, 0.6) is 0 Å². The molecule has 0 bridgehead atoms. The molecule has 2 aromatic rings. The SMILES string of the molecule is O=C(Nc1ccc2ncccc2c1)[C@@H]1[C@H](C2CCCCC2)CCN1C(=O)O. The molecule has 1 aromatic heterocycles. The van der Waals surface area contributed by atoms with Gasteiger partial charge in [0.05, 0.1) is 5.52 Å². The first kappa shape index (κ1) is 17.8. The molecule has 1 aliphatic carbocycles. The molecule has 4 rings (SSSR count). The Labute approximate surface area is 158 Å². The number of amides is 2. The Bertz CT molecular complexity index is 847. The van der Waals surface area contributed by atoms with Crippen molar-refractivity contribution in [3.63, 3.8) is 0 Å². The van der Waals surface area contributed by atoms with Crippen molar-refractivity contribution >= 4 is 28.6 Å². The number of carbonyl (C=O) groups is 2. The van der Waals surface area contributed by atoms with E-state index in [0.29, 0.717) is 18.2 Å². The molecule has 0 spiro atoms. The summed E-state index contributed by atoms with van der Waals surface area (Å²) in [6.07, 6.45) is 7.31. The van der Waals surface area contributed by atoms with Crippen molar-refractivity contribution in [2.75, 3.05) is 11.9 Å². The number of nitrogens with zero attached hydrogens (tertiary/aromatic N) is 2. The van der Waals surface area contributed by atoms with Crippen LogP contribution >= 0.6 is 0 Å². The zero-order valence-electron chi connectivity index (χ0n) is 15.3. The van der Waals surface area contributed by atoms with E-state index in [0.717, 1.165) is 30.2 Å². The molecule has 6 heteroatoms. The molecule has 142 valence electrons. The minimum absolute atomic E-state index is 0.114. The van der Waals surface area contributed by atoms with Crippen molar-refractivity contribution in [3.8, 4) is 0 Å². The van der Waals surface area contributed by atoms with Crippen molar-refractivity contribution in [1.82, 2.24) is 9.88 Å². The molecule has 1 saturated carbocycles. The van der Waals surface area contributed by atoms with E-state index in [-0.39, 0.29) is 11.8 Å². The van der Waals surface area contributed by atoms with E-state index < -0.39 is 12.1 Å². The van der Waals surface area contributed by atoms with E-state index in [2.05, 4.69) is 10.3 Å². The molecule has 6 nitrogen and oxygen atoms in total. The number of likely N-dealkylation sites (tertiary alicyclic amines) is 1. The van der Waals surface area contributed by atoms with E-state index in [1.165, 1.54) is 24.2 Å². The Balaban J connectivity index is 1.56. The summed E-state index contributed by atoms with van der Waals surface area (Å²) in [5.41, 5.74) is 1.55. The number of carbonyl (C=O) groups excluding carboxylic acids is 1. The standard InChI is InChI=1S/C21H25N3O3/c25-20(23-16-8-9-18-15(13-16)7-4-11-22-18)19-17(10-12-24(19)21(26)27)14-5-2-1-3-6-14/h4,7-9,11,13-14,17,19H,1-3,5-6,10,12H2,(H,23,25)(H,26,27)/t17-,19-/m0/s1. The molecule has 1 aliphatic heterocycles. The Hall–Kier alpha value is -2.63. The second kappa shape index (κ2) is 7.55. The van der Waals surface area contributed by atoms with Crippen LogP contribution in [-0.4, -0.2) is 39.6 Å². The third-order valence-electron chi connectivity index (χ3n) is 6.08. The maximum atomic E-state index is 13.1. The molecule has 2 aliphatic rings. The van der Waals surface area contributed by atoms with Gasteiger partial charge in [-0.05, 0) is 42.5 Å². The number of aromatic nitrogens is 1. The van der Waals surface area contributed by atoms with Crippen LogP contribution in [-0.2, 0) is 4.79 Å². The van der Waals surface area contributed by atoms with Gasteiger partial charge in [-0.15, -0.1) is 0 Å². The fourth-order valence-corrected chi connectivity index (χ4v) is 4.79. The molecule has 2 amide bonds. The molecule has 2 atom stereocenters. The Morgan fingerprint density at radius 2 is 1.93 bits per heavy atom. The molecule has 1 saturated heterocycles. The number of benzene rings is 1. The van der Waals surface area contributed by atoms with E-state index >= 15 is 0 Å². The minimum atomic E-state index is -1.00. The summed E-state index contributed by atoms with van der Waals surface area (Å²) >= 11 is 0. The zero-order chi connectivity index (χ0) is 18.8. The van der Waals surface area contributed by atoms with Crippen molar-refractivity contribution in [1.29, 1.82) is 0 Å². The normalized spacial score (nSPS) is 23.5. The van der Waals surface area contributed by atoms with Crippen molar-refractivity contribution < 1.29 is 14.7 Å². The molecular weight excluding hydrogens is 342 g/mol. The maximum absolute atomic E-state index is 13.1. The summed E-state index contributed by atoms with van der Waals surface area (Å²) in [6, 6.07) is 8.78. The number of hydrogen-bond acceptors (Lipinski definition) is 3. The predicted octanol–water partition coefficient (Wildman–Crippen LogP) is 4.12. The first-order valence-corrected chi connectivity index (χ1v) is 9.79. The Morgan fingerprint density at radius 1 is 1.11 bits per heavy atom. The van der Waals surface area contributed by atoms with Gasteiger partial charge in [-0.1, -0.05) is 38.2 Å². The average Bonchev–Trinajstić information content (AvgIpc) is 3.14. The average molecular weight is 367 g/mol. The summed E-state index contributed by atoms with van der Waals surface area (Å²) in [7, 11) is 0. The second-order valence-corrected chi connectivity index (χ2v) is 7.67. The van der Waals surface area contributed by atoms with Crippen molar-refractivity contribution in [3.05, 3.63) is 36.5 Å². The summed E-state index contributed by atoms with van der Waals surface area (Å²) in [5.74, 6) is 0.344. The van der Waals surface area contributed by atoms with Crippen LogP contribution in [0.2, 0.25) is 0 Å². The summed E-state index contributed by atoms with van der Waals surface area (Å²) < 4.78 is 0. The molecular formula is C21H25N3O3. The lowest BCUT2D eigenvalue weighted by Gasteiger charge is -2.32. The molecule has 0 radical (unpaired) electrons. The highest BCUT2D eigenvalue weighted by atomic mass is 16.4. The Morgan fingerprint density at radius 3 is 2.70 bits per heavy atom. The number of hydrogen-bond donors (Lipinski definition) is 2. The largest absolute Gasteiger partial charge is 0.465 e. The number of fused-ring (bicyclic) bond motifs is 1. The minimum Gasteiger partial charge on any atom is -0.465 e. The van der Waals surface area contributed by atoms with Crippen LogP contribution in [0.4, 0.5) is 10.5 Å². The maximum Gasteiger partial charge on any atom is 0.407 e. The smallest absolute Gasteiger partial charge is 0.407 e. The van der Waals surface area contributed by atoms with Crippen LogP contribution in [0, 0.1) is 11.8 Å². The molecule has 0 unspecified atom stereocenters. The third kappa shape index (κ3) is 3.61. The highest BCUT2D eigenvalue weighted by Gasteiger charge is 2.45. The summed E-state index contributed by atoms with van der Waals surface area (Å²) in [5, 5.41) is 13.5. The number of pyridine rings is 1. The van der Waals surface area contributed by atoms with Crippen LogP contribution in [0.25, 0.3) is 10.9 Å². The van der Waals surface area contributed by atoms with Gasteiger partial charge in [0.15, 0.2) is 0 Å². The van der Waals surface area contributed by atoms with Crippen LogP contribution in [0.15, 0.2) is 36.5 Å². The van der Waals surface area contributed by atoms with Gasteiger partial charge in [-0.3, -0.25) is 14.7 Å². The molecule has 2 N–H and O–H groups in total. The Kier molecular flexibility index (Phi) is 4.97. The lowest BCUT2D eigenvalue weighted by Crippen LogP contribution is -2.47. The van der Waals surface area contributed by atoms with Gasteiger partial charge < -0.3 is 10.4 Å². The first-order chi connectivity index (χ1) is 13.1. The molecule has 1 aromatic carbocycles. The van der Waals surface area contributed by atoms with E-state index in [1.54, 1.807) is 6.20 Å². The van der Waals surface area contributed by atoms with E-state index in [1.807, 2.05) is 30.3 Å². The van der Waals surface area contributed by atoms with E-state index in [9.17, 15) is 14.7 Å². The van der Waals surface area contributed by atoms with Crippen molar-refractivity contribution in [2.24, 2.45) is 11.8 Å². The van der Waals surface area contributed by atoms with Crippen molar-refractivity contribution in [2.45, 2.75) is 44.6 Å². The molecule has 27 heavy (non-hydrogen) atoms. The van der Waals surface area contributed by atoms with Gasteiger partial charge in [0.2, 0.25) is 5.91 Å². The van der Waals surface area contributed by atoms with Crippen LogP contribution < -0.4 is 5.32 Å². The number of anilines is 1. The predicted molar refractivity (Wildman–Crippen MR) is 104 cm³/mol. The summed E-state index contributed by atoms with van der Waals surface area (Å²) in [6.45, 7) is 0.441. The van der Waals surface area contributed by atoms with Gasteiger partial charge in [-0.2, -0.15) is 0 Å². The first-order valence-electron chi connectivity index (χ1n) is 9.79. The van der Waals surface area contributed by atoms with Gasteiger partial charge in [0.25, 0.3) is 0 Å². The monoisotopic (exact) mass is 367 g/mol. The third-order valence-corrected chi connectivity index (χ3v) is 6.08. The van der Waals surface area contributed by atoms with Gasteiger partial charge in [-0.25, -0.2) is 4.79 Å². The topological polar surface area (TPSA) is 82.5 Å². The van der Waals surface area contributed by atoms with Gasteiger partial charge in [0.1, 0.15) is 6.04 Å². The van der Waals surface area contributed by atoms with Crippen LogP contribution in [0.3, 0.4) is 0 Å². The van der Waals surface area contributed by atoms with Crippen LogP contribution in [0.1, 0.15) is 38.5 Å². The van der Waals surface area contributed by atoms with Gasteiger partial charge >= 0.3 is 6.09 Å². The van der Waals surface area contributed by atoms with E-state index in [4.69, 9.17) is 0 Å². The fraction of sp³-hybridized carbons (Fsp3) is 0.476. The fourth-order valence-electron chi connectivity index (χ4n) is 4.79. The highest BCUT2D eigenvalue weighted by Crippen LogP contribution is 2.39. The number of nitrogens with one attached hydrogen (secondary N) is 1. The quantitative estimate of drug-likeness (QED) is 0.855. The highest BCUT2D eigenvalue weighted by molar-refractivity contribution is 5.98. The molecule has 2 fully saturated rings. The lowest BCUT2D eigenvalue weighted by molar-refractivity contribution is -0.121. The lowest BCUT2D eigenvalue weighted by atomic mass is 9.76. The zero-order valence-corrected chi connectivity index (χ0v) is 15.3. The number of carboxylic acid groups (broad SMARTS) is 1. The second-order valence-electron chi connectivity index (χ2n) is 7.67. The number of rotatable bonds is 3. The summed E-state index contributed by atoms with van der Waals surface area (Å²) in [4.78, 5) is 30.4. The van der Waals surface area contributed by atoms with Gasteiger partial charge in [0, 0.05) is 23.8 Å².